The molecule has 0 fully saturated rings. The van der Waals surface area contributed by atoms with Crippen LogP contribution in [-0.2, 0) is 12.8 Å². The summed E-state index contributed by atoms with van der Waals surface area (Å²) in [5.41, 5.74) is 1.27. The maximum atomic E-state index is 6.04. The van der Waals surface area contributed by atoms with Gasteiger partial charge < -0.3 is 14.0 Å². The summed E-state index contributed by atoms with van der Waals surface area (Å²) in [5.74, 6) is 3.15. The molecule has 5 nitrogen and oxygen atoms in total. The van der Waals surface area contributed by atoms with Crippen LogP contribution in [0.4, 0.5) is 0 Å². The lowest BCUT2D eigenvalue weighted by atomic mass is 10.2. The van der Waals surface area contributed by atoms with E-state index in [1.54, 1.807) is 23.5 Å². The highest BCUT2D eigenvalue weighted by Gasteiger charge is 2.27. The Labute approximate surface area is 161 Å². The van der Waals surface area contributed by atoms with Crippen LogP contribution in [0.3, 0.4) is 0 Å². The number of nitrogens with zero attached hydrogens (tertiary/aromatic N) is 3. The van der Waals surface area contributed by atoms with Gasteiger partial charge >= 0.3 is 0 Å². The molecular formula is C19H19N3O2S2. The topological polar surface area (TPSA) is 49.2 Å². The molecule has 2 heterocycles. The van der Waals surface area contributed by atoms with E-state index in [0.717, 1.165) is 28.2 Å². The van der Waals surface area contributed by atoms with Gasteiger partial charge in [0.05, 0.1) is 0 Å². The lowest BCUT2D eigenvalue weighted by molar-refractivity contribution is 0.0825. The van der Waals surface area contributed by atoms with Crippen LogP contribution in [0.1, 0.15) is 17.5 Å². The van der Waals surface area contributed by atoms with Crippen molar-refractivity contribution in [3.63, 3.8) is 0 Å². The molecule has 0 spiro atoms. The Kier molecular flexibility index (Phi) is 5.08. The smallest absolute Gasteiger partial charge is 0.192 e. The minimum atomic E-state index is -0.252. The van der Waals surface area contributed by atoms with Crippen molar-refractivity contribution in [2.45, 2.75) is 21.9 Å². The van der Waals surface area contributed by atoms with Crippen molar-refractivity contribution in [3.8, 4) is 11.5 Å². The summed E-state index contributed by atoms with van der Waals surface area (Å²) >= 11 is 3.42. The number of rotatable bonds is 5. The van der Waals surface area contributed by atoms with Gasteiger partial charge in [-0.3, -0.25) is 0 Å². The third-order valence-corrected chi connectivity index (χ3v) is 6.03. The van der Waals surface area contributed by atoms with E-state index >= 15 is 0 Å². The highest BCUT2D eigenvalue weighted by Crippen LogP contribution is 2.36. The first kappa shape index (κ1) is 17.3. The number of ether oxygens (including phenoxy) is 2. The standard InChI is InChI=1S/C19H19N3O2S2/c1-22-18(17-11-23-15-5-3-4-6-16(15)24-17)20-21-19(22)26-12-13-7-9-14(25-2)10-8-13/h3-10,17H,11-12H2,1-2H3. The third-order valence-electron chi connectivity index (χ3n) is 4.19. The molecule has 1 atom stereocenters. The average molecular weight is 386 g/mol. The van der Waals surface area contributed by atoms with E-state index in [4.69, 9.17) is 9.47 Å². The second-order valence-corrected chi connectivity index (χ2v) is 7.72. The maximum Gasteiger partial charge on any atom is 0.192 e. The molecule has 2 aromatic carbocycles. The number of fused-ring (bicyclic) bond motifs is 1. The van der Waals surface area contributed by atoms with E-state index in [1.807, 2.05) is 35.9 Å². The van der Waals surface area contributed by atoms with E-state index in [-0.39, 0.29) is 6.10 Å². The van der Waals surface area contributed by atoms with Crippen molar-refractivity contribution >= 4 is 23.5 Å². The van der Waals surface area contributed by atoms with Crippen LogP contribution in [0, 0.1) is 0 Å². The summed E-state index contributed by atoms with van der Waals surface area (Å²) < 4.78 is 13.8. The van der Waals surface area contributed by atoms with Crippen LogP contribution in [0.15, 0.2) is 58.6 Å². The zero-order chi connectivity index (χ0) is 17.9. The first-order chi connectivity index (χ1) is 12.7. The quantitative estimate of drug-likeness (QED) is 0.609. The molecule has 134 valence electrons. The van der Waals surface area contributed by atoms with Crippen molar-refractivity contribution in [1.82, 2.24) is 14.8 Å². The second kappa shape index (κ2) is 7.63. The molecule has 1 aliphatic rings. The molecule has 0 bridgehead atoms. The highest BCUT2D eigenvalue weighted by molar-refractivity contribution is 7.98. The predicted octanol–water partition coefficient (Wildman–Crippen LogP) is 4.34. The van der Waals surface area contributed by atoms with Crippen molar-refractivity contribution in [2.75, 3.05) is 12.9 Å². The molecule has 4 rings (SSSR count). The number of hydrogen-bond donors (Lipinski definition) is 0. The molecule has 0 saturated carbocycles. The molecule has 0 saturated heterocycles. The Morgan fingerprint density at radius 2 is 1.85 bits per heavy atom. The summed E-state index contributed by atoms with van der Waals surface area (Å²) in [5, 5.41) is 9.54. The van der Waals surface area contributed by atoms with Crippen molar-refractivity contribution in [2.24, 2.45) is 7.05 Å². The zero-order valence-electron chi connectivity index (χ0n) is 14.6. The van der Waals surface area contributed by atoms with Gasteiger partial charge in [0.25, 0.3) is 0 Å². The molecule has 1 aliphatic heterocycles. The Hall–Kier alpha value is -2.12. The zero-order valence-corrected chi connectivity index (χ0v) is 16.2. The third kappa shape index (κ3) is 3.54. The predicted molar refractivity (Wildman–Crippen MR) is 104 cm³/mol. The first-order valence-electron chi connectivity index (χ1n) is 8.28. The minimum absolute atomic E-state index is 0.252. The summed E-state index contributed by atoms with van der Waals surface area (Å²) in [6, 6.07) is 16.3. The van der Waals surface area contributed by atoms with E-state index < -0.39 is 0 Å². The van der Waals surface area contributed by atoms with Crippen LogP contribution >= 0.6 is 23.5 Å². The monoisotopic (exact) mass is 385 g/mol. The number of para-hydroxylation sites is 2. The van der Waals surface area contributed by atoms with Gasteiger partial charge in [-0.15, -0.1) is 22.0 Å². The largest absolute Gasteiger partial charge is 0.485 e. The van der Waals surface area contributed by atoms with Gasteiger partial charge in [-0.05, 0) is 36.1 Å². The van der Waals surface area contributed by atoms with E-state index in [1.165, 1.54) is 10.5 Å². The molecule has 1 unspecified atom stereocenters. The normalized spacial score (nSPS) is 15.8. The number of benzene rings is 2. The molecular weight excluding hydrogens is 366 g/mol. The van der Waals surface area contributed by atoms with Crippen LogP contribution < -0.4 is 9.47 Å². The van der Waals surface area contributed by atoms with E-state index in [9.17, 15) is 0 Å². The van der Waals surface area contributed by atoms with E-state index in [0.29, 0.717) is 6.61 Å². The Morgan fingerprint density at radius 1 is 1.08 bits per heavy atom. The van der Waals surface area contributed by atoms with Gasteiger partial charge in [-0.2, -0.15) is 0 Å². The second-order valence-electron chi connectivity index (χ2n) is 5.90. The number of thioether (sulfide) groups is 2. The summed E-state index contributed by atoms with van der Waals surface area (Å²) in [6.07, 6.45) is 1.83. The summed E-state index contributed by atoms with van der Waals surface area (Å²) in [4.78, 5) is 1.27. The van der Waals surface area contributed by atoms with Gasteiger partial charge in [-0.1, -0.05) is 36.0 Å². The lowest BCUT2D eigenvalue weighted by Gasteiger charge is -2.25. The van der Waals surface area contributed by atoms with Gasteiger partial charge in [0, 0.05) is 17.7 Å². The summed E-state index contributed by atoms with van der Waals surface area (Å²) in [7, 11) is 1.97. The summed E-state index contributed by atoms with van der Waals surface area (Å²) in [6.45, 7) is 0.434. The lowest BCUT2D eigenvalue weighted by Crippen LogP contribution is -2.24. The molecule has 0 aliphatic carbocycles. The molecule has 0 N–H and O–H groups in total. The average Bonchev–Trinajstić information content (AvgIpc) is 3.07. The molecule has 0 amide bonds. The van der Waals surface area contributed by atoms with E-state index in [2.05, 4.69) is 40.7 Å². The van der Waals surface area contributed by atoms with Crippen LogP contribution in [-0.4, -0.2) is 27.6 Å². The molecule has 0 radical (unpaired) electrons. The first-order valence-corrected chi connectivity index (χ1v) is 10.5. The molecule has 3 aromatic rings. The van der Waals surface area contributed by atoms with Crippen molar-refractivity contribution in [3.05, 3.63) is 59.9 Å². The maximum absolute atomic E-state index is 6.04. The molecule has 7 heteroatoms. The van der Waals surface area contributed by atoms with Gasteiger partial charge in [0.2, 0.25) is 0 Å². The van der Waals surface area contributed by atoms with Crippen LogP contribution in [0.2, 0.25) is 0 Å². The SMILES string of the molecule is CSc1ccc(CSc2nnc(C3COc4ccccc4O3)n2C)cc1. The Morgan fingerprint density at radius 3 is 2.62 bits per heavy atom. The van der Waals surface area contributed by atoms with Crippen molar-refractivity contribution < 1.29 is 9.47 Å². The number of hydrogen-bond acceptors (Lipinski definition) is 6. The van der Waals surface area contributed by atoms with Gasteiger partial charge in [0.1, 0.15) is 6.61 Å². The minimum Gasteiger partial charge on any atom is -0.485 e. The Bertz CT molecular complexity index is 896. The number of aromatic nitrogens is 3. The Balaban J connectivity index is 1.45. The molecule has 1 aromatic heterocycles. The van der Waals surface area contributed by atoms with Gasteiger partial charge in [-0.25, -0.2) is 0 Å². The highest BCUT2D eigenvalue weighted by atomic mass is 32.2. The fourth-order valence-electron chi connectivity index (χ4n) is 2.75. The van der Waals surface area contributed by atoms with Crippen LogP contribution in [0.5, 0.6) is 11.5 Å². The molecule has 26 heavy (non-hydrogen) atoms. The van der Waals surface area contributed by atoms with Crippen molar-refractivity contribution in [1.29, 1.82) is 0 Å². The van der Waals surface area contributed by atoms with Crippen LogP contribution in [0.25, 0.3) is 0 Å². The van der Waals surface area contributed by atoms with Gasteiger partial charge in [0.15, 0.2) is 28.6 Å². The fourth-order valence-corrected chi connectivity index (χ4v) is 4.03. The fraction of sp³-hybridized carbons (Fsp3) is 0.263.